The van der Waals surface area contributed by atoms with Gasteiger partial charge in [0.1, 0.15) is 18.2 Å². The van der Waals surface area contributed by atoms with Gasteiger partial charge < -0.3 is 4.42 Å². The molecule has 172 valence electrons. The Bertz CT molecular complexity index is 1940. The second-order valence-electron chi connectivity index (χ2n) is 9.32. The van der Waals surface area contributed by atoms with Gasteiger partial charge in [0.25, 0.3) is 0 Å². The van der Waals surface area contributed by atoms with Crippen LogP contribution in [0.4, 0.5) is 5.69 Å². The summed E-state index contributed by atoms with van der Waals surface area (Å²) in [6, 6.07) is 9.44. The molecule has 0 radical (unpaired) electrons. The van der Waals surface area contributed by atoms with Crippen LogP contribution in [0.15, 0.2) is 71.0 Å². The second-order valence-corrected chi connectivity index (χ2v) is 9.32. The van der Waals surface area contributed by atoms with E-state index in [1.807, 2.05) is 33.0 Å². The highest BCUT2D eigenvalue weighted by Crippen LogP contribution is 2.44. The maximum Gasteiger partial charge on any atom is 0.216 e. The first kappa shape index (κ1) is 15.9. The van der Waals surface area contributed by atoms with E-state index in [0.29, 0.717) is 16.6 Å². The Labute approximate surface area is 214 Å². The van der Waals surface area contributed by atoms with Crippen LogP contribution in [0, 0.1) is 20.4 Å². The van der Waals surface area contributed by atoms with Crippen molar-refractivity contribution < 1.29 is 17.2 Å². The molecule has 1 aliphatic carbocycles. The minimum atomic E-state index is -0.623. The average Bonchev–Trinajstić information content (AvgIpc) is 3.57. The molecular formula is C32H29N2O+. The van der Waals surface area contributed by atoms with E-state index in [0.717, 1.165) is 59.1 Å². The summed E-state index contributed by atoms with van der Waals surface area (Å²) in [6.07, 6.45) is 3.74. The third-order valence-electron chi connectivity index (χ3n) is 7.28. The van der Waals surface area contributed by atoms with Gasteiger partial charge >= 0.3 is 0 Å². The average molecular weight is 464 g/mol. The number of pyridine rings is 1. The van der Waals surface area contributed by atoms with E-state index in [2.05, 4.69) is 21.5 Å². The zero-order chi connectivity index (χ0) is 29.4. The number of aryl methyl sites for hydroxylation is 2. The second kappa shape index (κ2) is 8.40. The Morgan fingerprint density at radius 1 is 0.971 bits per heavy atom. The lowest BCUT2D eigenvalue weighted by molar-refractivity contribution is -0.666. The van der Waals surface area contributed by atoms with Crippen molar-refractivity contribution in [2.45, 2.75) is 45.4 Å². The third-order valence-corrected chi connectivity index (χ3v) is 7.28. The molecule has 0 atom stereocenters. The summed E-state index contributed by atoms with van der Waals surface area (Å²) < 4.78 is 59.5. The first-order chi connectivity index (χ1) is 19.5. The van der Waals surface area contributed by atoms with E-state index >= 15 is 0 Å². The molecule has 2 aromatic heterocycles. The number of furan rings is 1. The van der Waals surface area contributed by atoms with Gasteiger partial charge in [0.05, 0.1) is 19.0 Å². The number of fused-ring (bicyclic) bond motifs is 3. The van der Waals surface area contributed by atoms with E-state index in [4.69, 9.17) is 19.2 Å². The van der Waals surface area contributed by atoms with Gasteiger partial charge in [-0.25, -0.2) is 4.85 Å². The minimum Gasteiger partial charge on any atom is -0.456 e. The Kier molecular flexibility index (Phi) is 3.81. The molecular weight excluding hydrogens is 428 g/mol. The normalized spacial score (nSPS) is 17.4. The number of rotatable bonds is 3. The summed E-state index contributed by atoms with van der Waals surface area (Å²) in [5, 5.41) is 1.49. The predicted molar refractivity (Wildman–Crippen MR) is 143 cm³/mol. The summed E-state index contributed by atoms with van der Waals surface area (Å²) in [7, 11) is 2.00. The number of hydrogen-bond donors (Lipinski definition) is 0. The van der Waals surface area contributed by atoms with Crippen LogP contribution in [0.1, 0.15) is 56.6 Å². The lowest BCUT2D eigenvalue weighted by Crippen LogP contribution is -2.35. The SMILES string of the molecule is [2H]c1c([2H])c([2H])c(-c2c([N+]#[C-])ccc3c2oc2c(-c4cc(C5([2H])CCCC5)cc(C)[n+]4C)c(C)ccc23)c([2H])c1[2H]. The molecule has 0 N–H and O–H groups in total. The van der Waals surface area contributed by atoms with Gasteiger partial charge in [0, 0.05) is 36.8 Å². The van der Waals surface area contributed by atoms with Gasteiger partial charge in [0.2, 0.25) is 5.69 Å². The molecule has 0 spiro atoms. The van der Waals surface area contributed by atoms with Gasteiger partial charge in [-0.15, -0.1) is 0 Å². The molecule has 6 rings (SSSR count). The molecule has 0 bridgehead atoms. The fourth-order valence-corrected chi connectivity index (χ4v) is 5.35. The molecule has 0 saturated heterocycles. The number of nitrogens with zero attached hydrogens (tertiary/aromatic N) is 2. The van der Waals surface area contributed by atoms with Crippen LogP contribution >= 0.6 is 0 Å². The Morgan fingerprint density at radius 2 is 1.66 bits per heavy atom. The van der Waals surface area contributed by atoms with E-state index < -0.39 is 24.0 Å². The maximum absolute atomic E-state index is 9.17. The van der Waals surface area contributed by atoms with Gasteiger partial charge in [-0.3, -0.25) is 0 Å². The van der Waals surface area contributed by atoms with Gasteiger partial charge in [-0.05, 0) is 42.3 Å². The Morgan fingerprint density at radius 3 is 2.37 bits per heavy atom. The zero-order valence-electron chi connectivity index (χ0n) is 26.1. The van der Waals surface area contributed by atoms with Gasteiger partial charge in [-0.1, -0.05) is 67.3 Å². The molecule has 2 heterocycles. The summed E-state index contributed by atoms with van der Waals surface area (Å²) in [6.45, 7) is 11.9. The van der Waals surface area contributed by atoms with Crippen LogP contribution < -0.4 is 4.57 Å². The van der Waals surface area contributed by atoms with Crippen molar-refractivity contribution in [3.63, 3.8) is 0 Å². The summed E-state index contributed by atoms with van der Waals surface area (Å²) in [5.41, 5.74) is 5.96. The van der Waals surface area contributed by atoms with Crippen molar-refractivity contribution in [3.05, 3.63) is 94.8 Å². The molecule has 0 amide bonds. The first-order valence-corrected chi connectivity index (χ1v) is 11.9. The maximum atomic E-state index is 9.17. The molecule has 0 unspecified atom stereocenters. The van der Waals surface area contributed by atoms with Crippen molar-refractivity contribution in [1.82, 2.24) is 0 Å². The molecule has 0 aliphatic heterocycles. The van der Waals surface area contributed by atoms with Crippen molar-refractivity contribution in [2.24, 2.45) is 7.05 Å². The minimum absolute atomic E-state index is 0.0503. The van der Waals surface area contributed by atoms with E-state index in [-0.39, 0.29) is 28.9 Å². The third kappa shape index (κ3) is 3.44. The largest absolute Gasteiger partial charge is 0.456 e. The smallest absolute Gasteiger partial charge is 0.216 e. The number of hydrogen-bond acceptors (Lipinski definition) is 1. The van der Waals surface area contributed by atoms with Crippen molar-refractivity contribution in [3.8, 4) is 22.4 Å². The lowest BCUT2D eigenvalue weighted by Gasteiger charge is -2.13. The summed E-state index contributed by atoms with van der Waals surface area (Å²) in [4.78, 5) is 3.65. The number of benzene rings is 3. The molecule has 1 saturated carbocycles. The highest BCUT2D eigenvalue weighted by molar-refractivity contribution is 6.15. The highest BCUT2D eigenvalue weighted by Gasteiger charge is 2.26. The van der Waals surface area contributed by atoms with Crippen LogP contribution in [-0.4, -0.2) is 0 Å². The van der Waals surface area contributed by atoms with Crippen molar-refractivity contribution >= 4 is 27.6 Å². The Balaban J connectivity index is 1.72. The molecule has 3 aromatic carbocycles. The van der Waals surface area contributed by atoms with Crippen LogP contribution in [0.5, 0.6) is 0 Å². The van der Waals surface area contributed by atoms with Crippen LogP contribution in [0.25, 0.3) is 49.2 Å². The van der Waals surface area contributed by atoms with Crippen molar-refractivity contribution in [2.75, 3.05) is 0 Å². The van der Waals surface area contributed by atoms with E-state index in [1.165, 1.54) is 0 Å². The van der Waals surface area contributed by atoms with Gasteiger partial charge in [0.15, 0.2) is 11.4 Å². The lowest BCUT2D eigenvalue weighted by atomic mass is 9.93. The molecule has 1 aliphatic rings. The standard InChI is InChI=1S/C32H29N2O/c1-20-14-15-25-26-16-17-27(33-3)30(23-12-6-5-7-13-23)32(26)35-31(25)29(20)28-19-24(18-21(2)34(28)4)22-10-8-9-11-22/h5-7,12-19,22H,8-11H2,1-2,4H3/q+1/i5D,6D,7D,12D,13D,22D. The molecule has 35 heavy (non-hydrogen) atoms. The topological polar surface area (TPSA) is 21.4 Å². The molecule has 3 heteroatoms. The fraction of sp³-hybridized carbons (Fsp3) is 0.250. The molecule has 3 nitrogen and oxygen atoms in total. The fourth-order valence-electron chi connectivity index (χ4n) is 5.35. The van der Waals surface area contributed by atoms with E-state index in [9.17, 15) is 0 Å². The van der Waals surface area contributed by atoms with Crippen LogP contribution in [-0.2, 0) is 7.05 Å². The van der Waals surface area contributed by atoms with Crippen molar-refractivity contribution in [1.29, 1.82) is 0 Å². The van der Waals surface area contributed by atoms with Gasteiger partial charge in [-0.2, -0.15) is 4.57 Å². The summed E-state index contributed by atoms with van der Waals surface area (Å²) >= 11 is 0. The molecule has 5 aromatic rings. The molecule has 1 fully saturated rings. The number of aromatic nitrogens is 1. The van der Waals surface area contributed by atoms with Crippen LogP contribution in [0.3, 0.4) is 0 Å². The Hall–Kier alpha value is -3.90. The first-order valence-electron chi connectivity index (χ1n) is 14.9. The predicted octanol–water partition coefficient (Wildman–Crippen LogP) is 8.57. The van der Waals surface area contributed by atoms with Crippen LogP contribution in [0.2, 0.25) is 0 Å². The quantitative estimate of drug-likeness (QED) is 0.194. The van der Waals surface area contributed by atoms with E-state index in [1.54, 1.807) is 12.1 Å². The zero-order valence-corrected chi connectivity index (χ0v) is 20.1. The monoisotopic (exact) mass is 463 g/mol. The summed E-state index contributed by atoms with van der Waals surface area (Å²) in [5.74, 6) is -0.623. The highest BCUT2D eigenvalue weighted by atomic mass is 16.3.